The second-order valence-corrected chi connectivity index (χ2v) is 5.91. The average molecular weight is 344 g/mol. The second-order valence-electron chi connectivity index (χ2n) is 5.91. The first-order chi connectivity index (χ1) is 12.6. The van der Waals surface area contributed by atoms with E-state index in [2.05, 4.69) is 33.0 Å². The Labute approximate surface area is 152 Å². The number of carbonyl (C=O) groups excluding carboxylic acids is 1. The Hall–Kier alpha value is -3.47. The highest BCUT2D eigenvalue weighted by Crippen LogP contribution is 2.20. The smallest absolute Gasteiger partial charge is 0.262 e. The molecule has 0 bridgehead atoms. The number of nitrogens with zero attached hydrogens (tertiary/aromatic N) is 2. The molecule has 5 heteroatoms. The van der Waals surface area contributed by atoms with E-state index in [1.807, 2.05) is 62.4 Å². The van der Waals surface area contributed by atoms with Gasteiger partial charge in [-0.3, -0.25) is 15.6 Å². The summed E-state index contributed by atoms with van der Waals surface area (Å²) in [7, 11) is 0. The van der Waals surface area contributed by atoms with Crippen LogP contribution in [-0.2, 0) is 4.79 Å². The standard InChI is InChI=1S/C21H20N4O/c1-15-13-16(2)23-21(22-15)25-24-20(26)12-11-17-7-6-10-19(14-17)18-8-4-3-5-9-18/h3-14H,1-2H3,(H,24,26)(H,22,23,25). The van der Waals surface area contributed by atoms with E-state index in [0.717, 1.165) is 28.1 Å². The maximum Gasteiger partial charge on any atom is 0.262 e. The molecule has 26 heavy (non-hydrogen) atoms. The van der Waals surface area contributed by atoms with Gasteiger partial charge < -0.3 is 0 Å². The zero-order chi connectivity index (χ0) is 18.4. The van der Waals surface area contributed by atoms with Gasteiger partial charge in [0.15, 0.2) is 0 Å². The number of carbonyl (C=O) groups is 1. The van der Waals surface area contributed by atoms with Gasteiger partial charge in [-0.2, -0.15) is 0 Å². The van der Waals surface area contributed by atoms with Gasteiger partial charge in [0.2, 0.25) is 5.95 Å². The summed E-state index contributed by atoms with van der Waals surface area (Å²) in [5.41, 5.74) is 10.2. The summed E-state index contributed by atoms with van der Waals surface area (Å²) in [4.78, 5) is 20.4. The first-order valence-electron chi connectivity index (χ1n) is 8.32. The normalized spacial score (nSPS) is 10.7. The predicted octanol–water partition coefficient (Wildman–Crippen LogP) is 3.92. The van der Waals surface area contributed by atoms with E-state index in [1.165, 1.54) is 6.08 Å². The molecule has 0 atom stereocenters. The van der Waals surface area contributed by atoms with Gasteiger partial charge >= 0.3 is 0 Å². The summed E-state index contributed by atoms with van der Waals surface area (Å²) < 4.78 is 0. The van der Waals surface area contributed by atoms with Crippen molar-refractivity contribution in [2.75, 3.05) is 5.43 Å². The molecule has 0 radical (unpaired) electrons. The molecule has 130 valence electrons. The van der Waals surface area contributed by atoms with Crippen LogP contribution in [0.1, 0.15) is 17.0 Å². The molecule has 0 spiro atoms. The number of benzene rings is 2. The number of nitrogens with one attached hydrogen (secondary N) is 2. The van der Waals surface area contributed by atoms with E-state index >= 15 is 0 Å². The number of aryl methyl sites for hydroxylation is 2. The molecule has 0 saturated carbocycles. The van der Waals surface area contributed by atoms with Crippen LogP contribution in [0.4, 0.5) is 5.95 Å². The summed E-state index contributed by atoms with van der Waals surface area (Å²) in [5.74, 6) is 0.0909. The van der Waals surface area contributed by atoms with Crippen molar-refractivity contribution >= 4 is 17.9 Å². The molecule has 1 heterocycles. The fourth-order valence-corrected chi connectivity index (χ4v) is 2.57. The van der Waals surface area contributed by atoms with Gasteiger partial charge in [-0.05, 0) is 48.7 Å². The zero-order valence-corrected chi connectivity index (χ0v) is 14.7. The lowest BCUT2D eigenvalue weighted by Crippen LogP contribution is -2.28. The summed E-state index contributed by atoms with van der Waals surface area (Å²) in [6, 6.07) is 20.0. The lowest BCUT2D eigenvalue weighted by Gasteiger charge is -2.06. The Kier molecular flexibility index (Phi) is 5.39. The Morgan fingerprint density at radius 1 is 0.885 bits per heavy atom. The Balaban J connectivity index is 1.63. The van der Waals surface area contributed by atoms with Crippen molar-refractivity contribution in [1.29, 1.82) is 0 Å². The Morgan fingerprint density at radius 3 is 2.31 bits per heavy atom. The first kappa shape index (κ1) is 17.4. The van der Waals surface area contributed by atoms with Crippen molar-refractivity contribution in [3.8, 4) is 11.1 Å². The van der Waals surface area contributed by atoms with Crippen LogP contribution in [0.25, 0.3) is 17.2 Å². The number of anilines is 1. The third-order valence-electron chi connectivity index (χ3n) is 3.70. The molecule has 2 aromatic carbocycles. The molecular weight excluding hydrogens is 324 g/mol. The van der Waals surface area contributed by atoms with Crippen molar-refractivity contribution in [2.45, 2.75) is 13.8 Å². The molecule has 3 aromatic rings. The topological polar surface area (TPSA) is 66.9 Å². The number of rotatable bonds is 5. The van der Waals surface area contributed by atoms with Crippen molar-refractivity contribution in [1.82, 2.24) is 15.4 Å². The summed E-state index contributed by atoms with van der Waals surface area (Å²) in [6.07, 6.45) is 3.24. The molecule has 0 fully saturated rings. The number of hydrogen-bond acceptors (Lipinski definition) is 4. The lowest BCUT2D eigenvalue weighted by molar-refractivity contribution is -0.116. The molecular formula is C21H20N4O. The Morgan fingerprint density at radius 2 is 1.58 bits per heavy atom. The highest BCUT2D eigenvalue weighted by Gasteiger charge is 2.01. The SMILES string of the molecule is Cc1cc(C)nc(NNC(=O)C=Cc2cccc(-c3ccccc3)c2)n1. The maximum absolute atomic E-state index is 12.0. The van der Waals surface area contributed by atoms with E-state index in [4.69, 9.17) is 0 Å². The Bertz CT molecular complexity index is 916. The van der Waals surface area contributed by atoms with Gasteiger partial charge in [-0.15, -0.1) is 0 Å². The monoisotopic (exact) mass is 344 g/mol. The first-order valence-corrected chi connectivity index (χ1v) is 8.32. The zero-order valence-electron chi connectivity index (χ0n) is 14.7. The molecule has 0 unspecified atom stereocenters. The van der Waals surface area contributed by atoms with Crippen molar-refractivity contribution in [3.63, 3.8) is 0 Å². The van der Waals surface area contributed by atoms with Crippen molar-refractivity contribution in [2.24, 2.45) is 0 Å². The van der Waals surface area contributed by atoms with Gasteiger partial charge in [0, 0.05) is 17.5 Å². The van der Waals surface area contributed by atoms with Crippen LogP contribution >= 0.6 is 0 Å². The van der Waals surface area contributed by atoms with Crippen LogP contribution in [0.3, 0.4) is 0 Å². The van der Waals surface area contributed by atoms with E-state index in [-0.39, 0.29) is 5.91 Å². The summed E-state index contributed by atoms with van der Waals surface area (Å²) in [6.45, 7) is 3.75. The van der Waals surface area contributed by atoms with Gasteiger partial charge in [0.1, 0.15) is 0 Å². The minimum absolute atomic E-state index is 0.280. The molecule has 5 nitrogen and oxygen atoms in total. The number of hydrazine groups is 1. The molecule has 3 rings (SSSR count). The minimum Gasteiger partial charge on any atom is -0.268 e. The highest BCUT2D eigenvalue weighted by atomic mass is 16.2. The molecule has 2 N–H and O–H groups in total. The average Bonchev–Trinajstić information content (AvgIpc) is 2.65. The van der Waals surface area contributed by atoms with Crippen LogP contribution in [0.15, 0.2) is 66.7 Å². The number of hydrogen-bond donors (Lipinski definition) is 2. The molecule has 0 aliphatic carbocycles. The van der Waals surface area contributed by atoms with E-state index in [1.54, 1.807) is 6.08 Å². The maximum atomic E-state index is 12.0. The van der Waals surface area contributed by atoms with Gasteiger partial charge in [-0.1, -0.05) is 48.5 Å². The molecule has 0 aliphatic rings. The van der Waals surface area contributed by atoms with Gasteiger partial charge in [0.05, 0.1) is 0 Å². The van der Waals surface area contributed by atoms with Crippen LogP contribution in [0.2, 0.25) is 0 Å². The minimum atomic E-state index is -0.280. The van der Waals surface area contributed by atoms with Gasteiger partial charge in [-0.25, -0.2) is 9.97 Å². The van der Waals surface area contributed by atoms with Crippen LogP contribution in [0, 0.1) is 13.8 Å². The predicted molar refractivity (Wildman–Crippen MR) is 104 cm³/mol. The lowest BCUT2D eigenvalue weighted by atomic mass is 10.0. The molecule has 1 amide bonds. The van der Waals surface area contributed by atoms with E-state index in [9.17, 15) is 4.79 Å². The van der Waals surface area contributed by atoms with Crippen LogP contribution in [-0.4, -0.2) is 15.9 Å². The summed E-state index contributed by atoms with van der Waals surface area (Å²) in [5, 5.41) is 0. The molecule has 0 aliphatic heterocycles. The highest BCUT2D eigenvalue weighted by molar-refractivity contribution is 5.92. The molecule has 0 saturated heterocycles. The van der Waals surface area contributed by atoms with Crippen molar-refractivity contribution in [3.05, 3.63) is 83.7 Å². The fourth-order valence-electron chi connectivity index (χ4n) is 2.57. The largest absolute Gasteiger partial charge is 0.268 e. The molecule has 1 aromatic heterocycles. The number of aromatic nitrogens is 2. The van der Waals surface area contributed by atoms with Crippen LogP contribution < -0.4 is 10.9 Å². The summed E-state index contributed by atoms with van der Waals surface area (Å²) >= 11 is 0. The van der Waals surface area contributed by atoms with E-state index < -0.39 is 0 Å². The van der Waals surface area contributed by atoms with Gasteiger partial charge in [0.25, 0.3) is 5.91 Å². The van der Waals surface area contributed by atoms with Crippen LogP contribution in [0.5, 0.6) is 0 Å². The third-order valence-corrected chi connectivity index (χ3v) is 3.70. The quantitative estimate of drug-likeness (QED) is 0.544. The van der Waals surface area contributed by atoms with E-state index in [0.29, 0.717) is 5.95 Å². The second kappa shape index (κ2) is 8.07. The third kappa shape index (κ3) is 4.77. The number of amides is 1. The van der Waals surface area contributed by atoms with Crippen molar-refractivity contribution < 1.29 is 4.79 Å². The fraction of sp³-hybridized carbons (Fsp3) is 0.0952.